The number of aliphatic imine (C=N–C) groups is 1. The molecule has 29 heavy (non-hydrogen) atoms. The molecule has 1 aliphatic heterocycles. The van der Waals surface area contributed by atoms with Gasteiger partial charge in [0, 0.05) is 21.1 Å². The third-order valence-corrected chi connectivity index (χ3v) is 8.58. The van der Waals surface area contributed by atoms with Gasteiger partial charge in [-0.1, -0.05) is 12.1 Å². The van der Waals surface area contributed by atoms with Gasteiger partial charge in [0.15, 0.2) is 5.82 Å². The molecule has 0 amide bonds. The van der Waals surface area contributed by atoms with Gasteiger partial charge in [-0.15, -0.1) is 22.0 Å². The Morgan fingerprint density at radius 3 is 2.52 bits per heavy atom. The van der Waals surface area contributed by atoms with Gasteiger partial charge in [0.1, 0.15) is 18.1 Å². The predicted octanol–water partition coefficient (Wildman–Crippen LogP) is 4.68. The number of ether oxygens (including phenoxy) is 1. The Labute approximate surface area is 177 Å². The molecular formula is C22H26N4OS2. The van der Waals surface area contributed by atoms with Crippen LogP contribution in [0.4, 0.5) is 0 Å². The number of methoxy groups -OCH3 is 1. The first-order valence-electron chi connectivity index (χ1n) is 9.39. The molecule has 2 aromatic carbocycles. The molecule has 5 nitrogen and oxygen atoms in total. The maximum absolute atomic E-state index is 5.49. The summed E-state index contributed by atoms with van der Waals surface area (Å²) in [6, 6.07) is 14.8. The Balaban J connectivity index is 1.74. The summed E-state index contributed by atoms with van der Waals surface area (Å²) < 4.78 is 7.58. The highest BCUT2D eigenvalue weighted by atomic mass is 32.3. The van der Waals surface area contributed by atoms with Crippen molar-refractivity contribution in [2.24, 2.45) is 4.99 Å². The molecule has 0 bridgehead atoms. The third kappa shape index (κ3) is 4.21. The monoisotopic (exact) mass is 426 g/mol. The second-order valence-electron chi connectivity index (χ2n) is 7.92. The predicted molar refractivity (Wildman–Crippen MR) is 125 cm³/mol. The average molecular weight is 427 g/mol. The van der Waals surface area contributed by atoms with E-state index in [4.69, 9.17) is 9.73 Å². The van der Waals surface area contributed by atoms with E-state index in [0.717, 1.165) is 39.9 Å². The highest BCUT2D eigenvalue weighted by Crippen LogP contribution is 2.41. The van der Waals surface area contributed by atoms with Crippen LogP contribution < -0.4 is 4.74 Å². The second-order valence-corrected chi connectivity index (χ2v) is 13.8. The molecule has 0 aliphatic carbocycles. The number of benzene rings is 2. The Hall–Kier alpha value is -2.25. The Morgan fingerprint density at radius 2 is 1.83 bits per heavy atom. The number of aromatic nitrogens is 3. The van der Waals surface area contributed by atoms with Crippen molar-refractivity contribution in [3.05, 3.63) is 65.2 Å². The molecule has 3 aromatic rings. The molecule has 0 saturated heterocycles. The summed E-state index contributed by atoms with van der Waals surface area (Å²) in [5.41, 5.74) is 4.13. The minimum atomic E-state index is -0.524. The lowest BCUT2D eigenvalue weighted by molar-refractivity contribution is 0.414. The van der Waals surface area contributed by atoms with E-state index in [-0.39, 0.29) is 0 Å². The first kappa shape index (κ1) is 20.0. The summed E-state index contributed by atoms with van der Waals surface area (Å²) in [6.07, 6.45) is 7.04. The second kappa shape index (κ2) is 7.88. The van der Waals surface area contributed by atoms with Crippen molar-refractivity contribution in [3.8, 4) is 11.4 Å². The quantitative estimate of drug-likeness (QED) is 0.556. The van der Waals surface area contributed by atoms with E-state index in [0.29, 0.717) is 6.54 Å². The van der Waals surface area contributed by atoms with Crippen molar-refractivity contribution in [1.29, 1.82) is 0 Å². The van der Waals surface area contributed by atoms with Crippen LogP contribution in [0, 0.1) is 6.92 Å². The highest BCUT2D eigenvalue weighted by Gasteiger charge is 2.22. The molecule has 1 aromatic heterocycles. The molecule has 0 atom stereocenters. The number of aryl methyl sites for hydroxylation is 1. The number of rotatable bonds is 5. The van der Waals surface area contributed by atoms with Crippen LogP contribution in [0.3, 0.4) is 0 Å². The molecular weight excluding hydrogens is 400 g/mol. The zero-order valence-corrected chi connectivity index (χ0v) is 19.1. The van der Waals surface area contributed by atoms with Gasteiger partial charge >= 0.3 is 0 Å². The molecule has 7 heteroatoms. The standard InChI is InChI=1S/C22H26N4OS2/c1-15-24-25-21-13-23-22(19-12-17(27-2)8-11-20(19)26(15)21)16-6-9-18(10-7-16)28-14-29(3,4)5/h6-12H,13-14H2,1-5H3. The lowest BCUT2D eigenvalue weighted by Crippen LogP contribution is -2.08. The van der Waals surface area contributed by atoms with Crippen molar-refractivity contribution in [3.63, 3.8) is 0 Å². The van der Waals surface area contributed by atoms with Crippen LogP contribution in [0.1, 0.15) is 22.8 Å². The average Bonchev–Trinajstić information content (AvgIpc) is 2.98. The molecule has 1 aliphatic rings. The van der Waals surface area contributed by atoms with Gasteiger partial charge in [0.25, 0.3) is 0 Å². The van der Waals surface area contributed by atoms with Crippen LogP contribution in [0.2, 0.25) is 0 Å². The summed E-state index contributed by atoms with van der Waals surface area (Å²) in [6.45, 7) is 2.47. The van der Waals surface area contributed by atoms with Crippen LogP contribution in [0.25, 0.3) is 5.69 Å². The van der Waals surface area contributed by atoms with E-state index in [9.17, 15) is 0 Å². The normalized spacial score (nSPS) is 13.9. The van der Waals surface area contributed by atoms with E-state index in [2.05, 4.69) is 63.9 Å². The molecule has 0 radical (unpaired) electrons. The summed E-state index contributed by atoms with van der Waals surface area (Å²) in [5, 5.41) is 9.73. The van der Waals surface area contributed by atoms with Crippen molar-refractivity contribution in [2.45, 2.75) is 18.4 Å². The van der Waals surface area contributed by atoms with E-state index in [1.54, 1.807) is 7.11 Å². The Kier molecular flexibility index (Phi) is 5.44. The van der Waals surface area contributed by atoms with Crippen LogP contribution >= 0.6 is 21.8 Å². The lowest BCUT2D eigenvalue weighted by Gasteiger charge is -2.24. The van der Waals surface area contributed by atoms with Crippen LogP contribution in [0.5, 0.6) is 5.75 Å². The fourth-order valence-electron chi connectivity index (χ4n) is 3.28. The van der Waals surface area contributed by atoms with Crippen LogP contribution in [-0.2, 0) is 6.54 Å². The zero-order valence-electron chi connectivity index (χ0n) is 17.5. The van der Waals surface area contributed by atoms with Crippen LogP contribution in [-0.4, -0.2) is 51.4 Å². The van der Waals surface area contributed by atoms with E-state index >= 15 is 0 Å². The van der Waals surface area contributed by atoms with Gasteiger partial charge in [-0.2, -0.15) is 0 Å². The minimum Gasteiger partial charge on any atom is -0.497 e. The Bertz CT molecular complexity index is 1070. The summed E-state index contributed by atoms with van der Waals surface area (Å²) in [4.78, 5) is 6.21. The van der Waals surface area contributed by atoms with Crippen molar-refractivity contribution >= 4 is 27.5 Å². The number of thioether (sulfide) groups is 1. The molecule has 0 N–H and O–H groups in total. The molecule has 152 valence electrons. The molecule has 0 saturated carbocycles. The van der Waals surface area contributed by atoms with Gasteiger partial charge in [-0.05, 0) is 56.0 Å². The topological polar surface area (TPSA) is 52.3 Å². The number of hydrogen-bond donors (Lipinski definition) is 0. The van der Waals surface area contributed by atoms with Crippen molar-refractivity contribution in [1.82, 2.24) is 14.8 Å². The first-order valence-corrected chi connectivity index (χ1v) is 13.4. The number of fused-ring (bicyclic) bond motifs is 3. The molecule has 0 fully saturated rings. The highest BCUT2D eigenvalue weighted by molar-refractivity contribution is 8.38. The fourth-order valence-corrected chi connectivity index (χ4v) is 5.57. The molecule has 0 spiro atoms. The molecule has 0 unspecified atom stereocenters. The smallest absolute Gasteiger partial charge is 0.159 e. The SMILES string of the molecule is COc1ccc2c(c1)C(c1ccc(SCS(C)(C)C)cc1)=NCc1nnc(C)n1-2. The molecule has 2 heterocycles. The maximum atomic E-state index is 5.49. The Morgan fingerprint density at radius 1 is 1.07 bits per heavy atom. The van der Waals surface area contributed by atoms with Crippen molar-refractivity contribution < 1.29 is 4.74 Å². The van der Waals surface area contributed by atoms with E-state index in [1.165, 1.54) is 9.98 Å². The number of nitrogens with zero attached hydrogens (tertiary/aromatic N) is 4. The minimum absolute atomic E-state index is 0.497. The van der Waals surface area contributed by atoms with Gasteiger partial charge in [-0.25, -0.2) is 10.0 Å². The summed E-state index contributed by atoms with van der Waals surface area (Å²) in [7, 11) is 1.16. The molecule has 4 rings (SSSR count). The van der Waals surface area contributed by atoms with E-state index < -0.39 is 10.0 Å². The van der Waals surface area contributed by atoms with E-state index in [1.807, 2.05) is 30.8 Å². The van der Waals surface area contributed by atoms with Gasteiger partial charge in [0.2, 0.25) is 0 Å². The van der Waals surface area contributed by atoms with Crippen molar-refractivity contribution in [2.75, 3.05) is 31.0 Å². The van der Waals surface area contributed by atoms with Gasteiger partial charge < -0.3 is 4.74 Å². The zero-order chi connectivity index (χ0) is 20.6. The fraction of sp³-hybridized carbons (Fsp3) is 0.318. The maximum Gasteiger partial charge on any atom is 0.159 e. The summed E-state index contributed by atoms with van der Waals surface area (Å²) in [5.74, 6) is 2.52. The number of hydrogen-bond acceptors (Lipinski definition) is 5. The van der Waals surface area contributed by atoms with Gasteiger partial charge in [-0.3, -0.25) is 9.56 Å². The largest absolute Gasteiger partial charge is 0.497 e. The summed E-state index contributed by atoms with van der Waals surface area (Å²) >= 11 is 1.93. The third-order valence-electron chi connectivity index (χ3n) is 4.68. The van der Waals surface area contributed by atoms with Gasteiger partial charge in [0.05, 0.1) is 18.5 Å². The van der Waals surface area contributed by atoms with Crippen LogP contribution in [0.15, 0.2) is 52.4 Å². The lowest BCUT2D eigenvalue weighted by atomic mass is 10.00. The first-order chi connectivity index (χ1) is 13.9.